The van der Waals surface area contributed by atoms with Crippen molar-refractivity contribution in [2.75, 3.05) is 10.6 Å². The van der Waals surface area contributed by atoms with Crippen LogP contribution in [0.3, 0.4) is 0 Å². The SMILES string of the molecule is O=[N+]([O-])c1c(Nc2ccccc2)ncnc1Nc1ccc(Cl)c(C(F)(F)F)c1. The fourth-order valence-corrected chi connectivity index (χ4v) is 2.57. The van der Waals surface area contributed by atoms with E-state index in [9.17, 15) is 23.3 Å². The molecule has 0 aliphatic carbocycles. The Hall–Kier alpha value is -3.40. The summed E-state index contributed by atoms with van der Waals surface area (Å²) in [7, 11) is 0. The van der Waals surface area contributed by atoms with Gasteiger partial charge in [0.2, 0.25) is 11.6 Å². The van der Waals surface area contributed by atoms with E-state index in [0.717, 1.165) is 18.5 Å². The summed E-state index contributed by atoms with van der Waals surface area (Å²) in [6.07, 6.45) is -3.62. The van der Waals surface area contributed by atoms with Gasteiger partial charge in [-0.3, -0.25) is 10.1 Å². The average molecular weight is 410 g/mol. The van der Waals surface area contributed by atoms with Crippen LogP contribution in [-0.2, 0) is 6.18 Å². The van der Waals surface area contributed by atoms with Gasteiger partial charge in [0.1, 0.15) is 6.33 Å². The summed E-state index contributed by atoms with van der Waals surface area (Å²) in [6, 6.07) is 11.6. The second-order valence-corrected chi connectivity index (χ2v) is 5.89. The normalized spacial score (nSPS) is 11.1. The lowest BCUT2D eigenvalue weighted by atomic mass is 10.2. The molecule has 0 bridgehead atoms. The summed E-state index contributed by atoms with van der Waals surface area (Å²) >= 11 is 5.59. The first-order valence-electron chi connectivity index (χ1n) is 7.71. The van der Waals surface area contributed by atoms with E-state index >= 15 is 0 Å². The first-order chi connectivity index (χ1) is 13.3. The van der Waals surface area contributed by atoms with E-state index in [1.54, 1.807) is 30.3 Å². The van der Waals surface area contributed by atoms with Crippen LogP contribution >= 0.6 is 11.6 Å². The van der Waals surface area contributed by atoms with Crippen LogP contribution in [0.15, 0.2) is 54.9 Å². The number of hydrogen-bond donors (Lipinski definition) is 2. The zero-order valence-electron chi connectivity index (χ0n) is 13.9. The smallest absolute Gasteiger partial charge is 0.334 e. The van der Waals surface area contributed by atoms with Crippen molar-refractivity contribution >= 4 is 40.3 Å². The molecule has 0 unspecified atom stereocenters. The lowest BCUT2D eigenvalue weighted by Gasteiger charge is -2.13. The minimum atomic E-state index is -4.67. The Bertz CT molecular complexity index is 1020. The Balaban J connectivity index is 1.99. The summed E-state index contributed by atoms with van der Waals surface area (Å²) in [5, 5.41) is 16.4. The highest BCUT2D eigenvalue weighted by Crippen LogP contribution is 2.38. The molecule has 2 N–H and O–H groups in total. The van der Waals surface area contributed by atoms with Crippen LogP contribution < -0.4 is 10.6 Å². The van der Waals surface area contributed by atoms with Gasteiger partial charge in [-0.1, -0.05) is 29.8 Å². The molecule has 3 aromatic rings. The molecule has 0 fully saturated rings. The Morgan fingerprint density at radius 1 is 0.964 bits per heavy atom. The van der Waals surface area contributed by atoms with Crippen molar-refractivity contribution < 1.29 is 18.1 Å². The first-order valence-corrected chi connectivity index (χ1v) is 8.08. The average Bonchev–Trinajstić information content (AvgIpc) is 2.63. The van der Waals surface area contributed by atoms with Gasteiger partial charge in [-0.15, -0.1) is 0 Å². The maximum Gasteiger partial charge on any atom is 0.417 e. The molecule has 7 nitrogen and oxygen atoms in total. The van der Waals surface area contributed by atoms with E-state index in [1.165, 1.54) is 6.07 Å². The number of para-hydroxylation sites is 1. The number of benzene rings is 2. The second-order valence-electron chi connectivity index (χ2n) is 5.49. The van der Waals surface area contributed by atoms with E-state index in [1.807, 2.05) is 0 Å². The van der Waals surface area contributed by atoms with Crippen molar-refractivity contribution in [3.63, 3.8) is 0 Å². The van der Waals surface area contributed by atoms with Gasteiger partial charge in [0.25, 0.3) is 0 Å². The van der Waals surface area contributed by atoms with Gasteiger partial charge in [0.15, 0.2) is 0 Å². The molecule has 28 heavy (non-hydrogen) atoms. The highest BCUT2D eigenvalue weighted by molar-refractivity contribution is 6.31. The van der Waals surface area contributed by atoms with Crippen LogP contribution in [-0.4, -0.2) is 14.9 Å². The minimum Gasteiger partial charge on any atom is -0.334 e. The minimum absolute atomic E-state index is 0.0656. The molecule has 0 saturated heterocycles. The molecule has 0 spiro atoms. The molecule has 0 atom stereocenters. The van der Waals surface area contributed by atoms with Crippen molar-refractivity contribution in [3.8, 4) is 0 Å². The van der Waals surface area contributed by atoms with Gasteiger partial charge < -0.3 is 10.6 Å². The summed E-state index contributed by atoms with van der Waals surface area (Å²) in [5.41, 5.74) is -1.11. The third-order valence-corrected chi connectivity index (χ3v) is 3.91. The van der Waals surface area contributed by atoms with Gasteiger partial charge in [-0.2, -0.15) is 13.2 Å². The molecule has 1 heterocycles. The van der Waals surface area contributed by atoms with Gasteiger partial charge in [-0.05, 0) is 30.3 Å². The molecule has 3 rings (SSSR count). The van der Waals surface area contributed by atoms with E-state index in [2.05, 4.69) is 20.6 Å². The van der Waals surface area contributed by atoms with Gasteiger partial charge >= 0.3 is 11.9 Å². The largest absolute Gasteiger partial charge is 0.417 e. The third-order valence-electron chi connectivity index (χ3n) is 3.58. The van der Waals surface area contributed by atoms with E-state index in [0.29, 0.717) is 5.69 Å². The van der Waals surface area contributed by atoms with Crippen molar-refractivity contribution in [3.05, 3.63) is 75.6 Å². The Labute approximate surface area is 161 Å². The third kappa shape index (κ3) is 4.29. The molecule has 1 aromatic heterocycles. The van der Waals surface area contributed by atoms with Crippen LogP contribution in [0.25, 0.3) is 0 Å². The topological polar surface area (TPSA) is 93.0 Å². The number of anilines is 4. The number of halogens is 4. The lowest BCUT2D eigenvalue weighted by Crippen LogP contribution is -2.08. The monoisotopic (exact) mass is 409 g/mol. The number of nitro groups is 1. The maximum absolute atomic E-state index is 13.0. The van der Waals surface area contributed by atoms with Crippen molar-refractivity contribution in [1.82, 2.24) is 9.97 Å². The maximum atomic E-state index is 13.0. The second kappa shape index (κ2) is 7.69. The zero-order chi connectivity index (χ0) is 20.3. The molecular formula is C17H11ClF3N5O2. The molecule has 0 aliphatic heterocycles. The van der Waals surface area contributed by atoms with E-state index < -0.39 is 27.4 Å². The number of hydrogen-bond acceptors (Lipinski definition) is 6. The van der Waals surface area contributed by atoms with Crippen LogP contribution in [0, 0.1) is 10.1 Å². The van der Waals surface area contributed by atoms with E-state index in [4.69, 9.17) is 11.6 Å². The molecule has 11 heteroatoms. The number of alkyl halides is 3. The molecular weight excluding hydrogens is 399 g/mol. The quantitative estimate of drug-likeness (QED) is 0.424. The predicted octanol–water partition coefficient (Wildman–Crippen LogP) is 5.54. The zero-order valence-corrected chi connectivity index (χ0v) is 14.6. The fraction of sp³-hybridized carbons (Fsp3) is 0.0588. The van der Waals surface area contributed by atoms with Crippen molar-refractivity contribution in [2.45, 2.75) is 6.18 Å². The Kier molecular flexibility index (Phi) is 5.32. The van der Waals surface area contributed by atoms with Gasteiger partial charge in [0, 0.05) is 11.4 Å². The first kappa shape index (κ1) is 19.4. The summed E-state index contributed by atoms with van der Waals surface area (Å²) in [5.74, 6) is -0.382. The highest BCUT2D eigenvalue weighted by Gasteiger charge is 2.33. The summed E-state index contributed by atoms with van der Waals surface area (Å²) < 4.78 is 39.1. The van der Waals surface area contributed by atoms with E-state index in [-0.39, 0.29) is 17.3 Å². The van der Waals surface area contributed by atoms with Gasteiger partial charge in [-0.25, -0.2) is 9.97 Å². The number of nitrogens with zero attached hydrogens (tertiary/aromatic N) is 3. The molecule has 144 valence electrons. The van der Waals surface area contributed by atoms with Crippen LogP contribution in [0.1, 0.15) is 5.56 Å². The molecule has 2 aromatic carbocycles. The fourth-order valence-electron chi connectivity index (χ4n) is 2.35. The summed E-state index contributed by atoms with van der Waals surface area (Å²) in [6.45, 7) is 0. The van der Waals surface area contributed by atoms with Crippen molar-refractivity contribution in [2.24, 2.45) is 0 Å². The number of nitrogens with one attached hydrogen (secondary N) is 2. The highest BCUT2D eigenvalue weighted by atomic mass is 35.5. The molecule has 0 aliphatic rings. The predicted molar refractivity (Wildman–Crippen MR) is 98.1 cm³/mol. The van der Waals surface area contributed by atoms with Crippen molar-refractivity contribution in [1.29, 1.82) is 0 Å². The number of aromatic nitrogens is 2. The lowest BCUT2D eigenvalue weighted by molar-refractivity contribution is -0.383. The van der Waals surface area contributed by atoms with Crippen LogP contribution in [0.5, 0.6) is 0 Å². The molecule has 0 saturated carbocycles. The Morgan fingerprint density at radius 2 is 1.57 bits per heavy atom. The van der Waals surface area contributed by atoms with Crippen LogP contribution in [0.4, 0.5) is 41.9 Å². The number of rotatable bonds is 5. The Morgan fingerprint density at radius 3 is 2.14 bits per heavy atom. The van der Waals surface area contributed by atoms with Crippen LogP contribution in [0.2, 0.25) is 5.02 Å². The summed E-state index contributed by atoms with van der Waals surface area (Å²) in [4.78, 5) is 18.5. The molecule has 0 amide bonds. The van der Waals surface area contributed by atoms with Gasteiger partial charge in [0.05, 0.1) is 15.5 Å². The standard InChI is InChI=1S/C17H11ClF3N5O2/c18-13-7-6-11(8-12(13)17(19,20)21)25-16-14(26(27)28)15(22-9-23-16)24-10-4-2-1-3-5-10/h1-9H,(H2,22,23,24,25). The molecule has 0 radical (unpaired) electrons.